The molecule has 2 aromatic rings. The lowest BCUT2D eigenvalue weighted by Gasteiger charge is -2.34. The van der Waals surface area contributed by atoms with E-state index >= 15 is 0 Å². The number of nitrogens with two attached hydrogens (primary N) is 1. The second-order valence-electron chi connectivity index (χ2n) is 10.2. The van der Waals surface area contributed by atoms with Crippen molar-refractivity contribution in [2.24, 2.45) is 11.7 Å². The number of carbonyl (C=O) groups excluding carboxylic acids is 1. The number of anilines is 1. The van der Waals surface area contributed by atoms with Crippen LogP contribution < -0.4 is 20.1 Å². The van der Waals surface area contributed by atoms with Gasteiger partial charge in [-0.1, -0.05) is 6.92 Å². The molecular formula is C24H32F3N5O4S. The highest BCUT2D eigenvalue weighted by Crippen LogP contribution is 2.38. The van der Waals surface area contributed by atoms with Gasteiger partial charge in [0.05, 0.1) is 11.3 Å². The van der Waals surface area contributed by atoms with Gasteiger partial charge in [0, 0.05) is 38.2 Å². The van der Waals surface area contributed by atoms with Gasteiger partial charge in [-0.15, -0.1) is 13.2 Å². The molecule has 0 bridgehead atoms. The van der Waals surface area contributed by atoms with Gasteiger partial charge < -0.3 is 15.4 Å². The Morgan fingerprint density at radius 2 is 1.86 bits per heavy atom. The van der Waals surface area contributed by atoms with E-state index in [-0.39, 0.29) is 37.4 Å². The quantitative estimate of drug-likeness (QED) is 0.572. The van der Waals surface area contributed by atoms with Crippen molar-refractivity contribution in [3.8, 4) is 17.0 Å². The molecule has 37 heavy (non-hydrogen) atoms. The SMILES string of the molecule is C[C@@H]1CN(c2nc(-c3ccc(OC(F)(F)F)cc3)ccc2C(=O)NS(=O)(=O)N2CC[C@H](N)C2)C(C)(C)C1.[HH]. The van der Waals surface area contributed by atoms with E-state index in [4.69, 9.17) is 10.7 Å². The molecule has 3 heterocycles. The molecule has 0 radical (unpaired) electrons. The molecule has 9 nitrogen and oxygen atoms in total. The lowest BCUT2D eigenvalue weighted by atomic mass is 9.97. The number of ether oxygens (including phenoxy) is 1. The first-order valence-electron chi connectivity index (χ1n) is 11.9. The highest BCUT2D eigenvalue weighted by atomic mass is 32.2. The van der Waals surface area contributed by atoms with Gasteiger partial charge in [-0.3, -0.25) is 4.79 Å². The lowest BCUT2D eigenvalue weighted by molar-refractivity contribution is -0.274. The Bertz CT molecular complexity index is 1270. The Kier molecular flexibility index (Phi) is 7.16. The summed E-state index contributed by atoms with van der Waals surface area (Å²) in [7, 11) is -4.10. The van der Waals surface area contributed by atoms with Crippen LogP contribution in [0, 0.1) is 5.92 Å². The third-order valence-corrected chi connectivity index (χ3v) is 8.04. The van der Waals surface area contributed by atoms with Gasteiger partial charge >= 0.3 is 16.6 Å². The number of hydrogen-bond acceptors (Lipinski definition) is 7. The van der Waals surface area contributed by atoms with Gasteiger partial charge in [-0.25, -0.2) is 9.71 Å². The van der Waals surface area contributed by atoms with Crippen molar-refractivity contribution in [1.29, 1.82) is 0 Å². The predicted molar refractivity (Wildman–Crippen MR) is 134 cm³/mol. The molecule has 1 amide bonds. The van der Waals surface area contributed by atoms with E-state index in [9.17, 15) is 26.4 Å². The average Bonchev–Trinajstić information content (AvgIpc) is 3.34. The van der Waals surface area contributed by atoms with E-state index in [0.717, 1.165) is 10.7 Å². The summed E-state index contributed by atoms with van der Waals surface area (Å²) in [6.07, 6.45) is -3.48. The smallest absolute Gasteiger partial charge is 0.406 e. The molecule has 4 rings (SSSR count). The molecule has 2 saturated heterocycles. The summed E-state index contributed by atoms with van der Waals surface area (Å²) >= 11 is 0. The number of rotatable bonds is 6. The summed E-state index contributed by atoms with van der Waals surface area (Å²) in [5, 5.41) is 0. The van der Waals surface area contributed by atoms with Crippen molar-refractivity contribution in [1.82, 2.24) is 14.0 Å². The van der Waals surface area contributed by atoms with E-state index in [1.807, 2.05) is 18.7 Å². The number of nitrogens with zero attached hydrogens (tertiary/aromatic N) is 3. The number of halogens is 3. The topological polar surface area (TPSA) is 118 Å². The van der Waals surface area contributed by atoms with Crippen molar-refractivity contribution < 1.29 is 32.5 Å². The maximum atomic E-state index is 13.3. The molecular weight excluding hydrogens is 511 g/mol. The Labute approximate surface area is 215 Å². The fraction of sp³-hybridized carbons (Fsp3) is 0.500. The van der Waals surface area contributed by atoms with E-state index in [2.05, 4.69) is 16.4 Å². The number of aromatic nitrogens is 1. The molecule has 0 unspecified atom stereocenters. The first kappa shape index (κ1) is 27.1. The van der Waals surface area contributed by atoms with Crippen molar-refractivity contribution >= 4 is 21.9 Å². The predicted octanol–water partition coefficient (Wildman–Crippen LogP) is 3.53. The van der Waals surface area contributed by atoms with Crippen LogP contribution in [-0.4, -0.2) is 61.2 Å². The zero-order valence-electron chi connectivity index (χ0n) is 20.7. The van der Waals surface area contributed by atoms with Gasteiger partial charge in [-0.05, 0) is 69.0 Å². The lowest BCUT2D eigenvalue weighted by Crippen LogP contribution is -2.44. The molecule has 2 atom stereocenters. The standard InChI is InChI=1S/C24H30F3N5O4S.H2/c1-15-12-23(2,3)32(13-15)21-19(22(33)30-37(34,35)31-11-10-17(28)14-31)8-9-20(29-21)16-4-6-18(7-5-16)36-24(25,26)27;/h4-9,15,17H,10-14,28H2,1-3H3,(H,30,33);1H/t15-,17-;/m0./s1. The third-order valence-electron chi connectivity index (χ3n) is 6.58. The van der Waals surface area contributed by atoms with Gasteiger partial charge in [-0.2, -0.15) is 12.7 Å². The van der Waals surface area contributed by atoms with E-state index in [1.54, 1.807) is 0 Å². The van der Waals surface area contributed by atoms with Crippen LogP contribution >= 0.6 is 0 Å². The third kappa shape index (κ3) is 6.16. The summed E-state index contributed by atoms with van der Waals surface area (Å²) in [5.41, 5.74) is 6.45. The van der Waals surface area contributed by atoms with Crippen LogP contribution in [0.25, 0.3) is 11.3 Å². The first-order chi connectivity index (χ1) is 17.1. The fourth-order valence-corrected chi connectivity index (χ4v) is 6.19. The monoisotopic (exact) mass is 543 g/mol. The molecule has 0 saturated carbocycles. The first-order valence-corrected chi connectivity index (χ1v) is 13.3. The second-order valence-corrected chi connectivity index (χ2v) is 11.9. The summed E-state index contributed by atoms with van der Waals surface area (Å²) in [5.74, 6) is -0.592. The Hall–Kier alpha value is -2.90. The van der Waals surface area contributed by atoms with Crippen molar-refractivity contribution in [3.05, 3.63) is 42.0 Å². The number of alkyl halides is 3. The molecule has 1 aromatic heterocycles. The maximum absolute atomic E-state index is 13.3. The van der Waals surface area contributed by atoms with Crippen LogP contribution in [0.1, 0.15) is 45.4 Å². The summed E-state index contributed by atoms with van der Waals surface area (Å²) in [4.78, 5) is 19.9. The number of benzene rings is 1. The van der Waals surface area contributed by atoms with Crippen LogP contribution in [0.5, 0.6) is 5.75 Å². The molecule has 13 heteroatoms. The zero-order chi connectivity index (χ0) is 27.2. The highest BCUT2D eigenvalue weighted by molar-refractivity contribution is 7.87. The molecule has 0 aliphatic carbocycles. The van der Waals surface area contributed by atoms with Gasteiger partial charge in [0.15, 0.2) is 0 Å². The maximum Gasteiger partial charge on any atom is 0.573 e. The van der Waals surface area contributed by atoms with Crippen LogP contribution in [0.2, 0.25) is 0 Å². The van der Waals surface area contributed by atoms with Crippen molar-refractivity contribution in [3.63, 3.8) is 0 Å². The van der Waals surface area contributed by atoms with Gasteiger partial charge in [0.1, 0.15) is 11.6 Å². The molecule has 2 aliphatic rings. The fourth-order valence-electron chi connectivity index (χ4n) is 4.99. The van der Waals surface area contributed by atoms with Gasteiger partial charge in [0.25, 0.3) is 5.91 Å². The molecule has 1 aromatic carbocycles. The number of nitrogens with one attached hydrogen (secondary N) is 1. The average molecular weight is 544 g/mol. The Morgan fingerprint density at radius 3 is 2.41 bits per heavy atom. The van der Waals surface area contributed by atoms with Crippen molar-refractivity contribution in [2.45, 2.75) is 51.6 Å². The van der Waals surface area contributed by atoms with Crippen LogP contribution in [-0.2, 0) is 10.2 Å². The summed E-state index contributed by atoms with van der Waals surface area (Å²) in [6, 6.07) is 7.96. The van der Waals surface area contributed by atoms with Gasteiger partial charge in [0.2, 0.25) is 0 Å². The van der Waals surface area contributed by atoms with Crippen LogP contribution in [0.15, 0.2) is 36.4 Å². The van der Waals surface area contributed by atoms with Crippen LogP contribution in [0.4, 0.5) is 19.0 Å². The number of hydrogen-bond donors (Lipinski definition) is 2. The number of carbonyl (C=O) groups is 1. The Morgan fingerprint density at radius 1 is 1.19 bits per heavy atom. The van der Waals surface area contributed by atoms with E-state index < -0.39 is 22.5 Å². The number of pyridine rings is 1. The Balaban J connectivity index is 0.00000400. The van der Waals surface area contributed by atoms with E-state index in [1.165, 1.54) is 36.4 Å². The molecule has 0 spiro atoms. The second kappa shape index (κ2) is 9.76. The molecule has 2 fully saturated rings. The summed E-state index contributed by atoms with van der Waals surface area (Å²) < 4.78 is 70.4. The van der Waals surface area contributed by atoms with Crippen molar-refractivity contribution in [2.75, 3.05) is 24.5 Å². The minimum atomic E-state index is -4.81. The normalized spacial score (nSPS) is 22.3. The largest absolute Gasteiger partial charge is 0.573 e. The van der Waals surface area contributed by atoms with E-state index in [0.29, 0.717) is 36.0 Å². The van der Waals surface area contributed by atoms with Crippen LogP contribution in [0.3, 0.4) is 0 Å². The molecule has 204 valence electrons. The zero-order valence-corrected chi connectivity index (χ0v) is 21.6. The molecule has 2 aliphatic heterocycles. The number of amides is 1. The summed E-state index contributed by atoms with van der Waals surface area (Å²) in [6.45, 7) is 7.04. The highest BCUT2D eigenvalue weighted by Gasteiger charge is 2.40. The minimum Gasteiger partial charge on any atom is -0.406 e. The molecule has 3 N–H and O–H groups in total. The minimum absolute atomic E-state index is 0.